The van der Waals surface area contributed by atoms with E-state index in [9.17, 15) is 21.9 Å². The second-order valence-corrected chi connectivity index (χ2v) is 84.9. The number of carbonyl (C=O) groups excluding carboxylic acids is 2. The van der Waals surface area contributed by atoms with Gasteiger partial charge in [-0.3, -0.25) is 9.59 Å². The van der Waals surface area contributed by atoms with E-state index in [0.717, 1.165) is 74.0 Å². The third-order valence-electron chi connectivity index (χ3n) is 26.0. The molecule has 0 aliphatic carbocycles. The Morgan fingerprint density at radius 3 is 0.488 bits per heavy atom. The largest absolute Gasteiger partial charge is 0.495 e. The lowest BCUT2D eigenvalue weighted by Gasteiger charge is -2.50. The van der Waals surface area contributed by atoms with Crippen LogP contribution >= 0.6 is 0 Å². The van der Waals surface area contributed by atoms with Gasteiger partial charge in [-0.2, -0.15) is 0 Å². The van der Waals surface area contributed by atoms with Crippen LogP contribution in [-0.4, -0.2) is 106 Å². The number of carbonyl (C=O) groups is 2. The topological polar surface area (TPSA) is 136 Å². The van der Waals surface area contributed by atoms with Crippen LogP contribution < -0.4 is 0 Å². The zero-order chi connectivity index (χ0) is 96.9. The molecule has 13 nitrogen and oxygen atoms in total. The molecule has 0 aliphatic rings. The van der Waals surface area contributed by atoms with Gasteiger partial charge in [-0.25, -0.2) is 0 Å². The molecule has 0 rings (SSSR count). The van der Waals surface area contributed by atoms with Crippen molar-refractivity contribution in [1.82, 2.24) is 0 Å². The van der Waals surface area contributed by atoms with E-state index >= 15 is 0 Å². The van der Waals surface area contributed by atoms with Crippen LogP contribution in [0.25, 0.3) is 0 Å². The van der Waals surface area contributed by atoms with E-state index in [-0.39, 0.29) is 11.9 Å². The van der Waals surface area contributed by atoms with Crippen LogP contribution in [0, 0.1) is 0 Å². The zero-order valence-electron chi connectivity index (χ0n) is 92.3. The third kappa shape index (κ3) is 77.3. The summed E-state index contributed by atoms with van der Waals surface area (Å²) in [5.74, 6) is -0.430. The standard InChI is InChI=1S/C90H190O6Si5.C15H42O7Si6/c1-13-24-35-46-57-68-79-97(80-69-58-47-36-25-14-2,81-70-59-48-37-26-15-3)93-99(84-73-62-51-40-29-18-6,85-74-63-52-41-30-19-7)95-101(88-77-66-55-44-33-22-10,89-78-67-56-45-34-23-11)96-100(86-75-64-53-42-31-20-8,87-76-65-54-43-32-21-9)94-98(92-90(12)91,82-71-60-49-38-27-16-4)83-72-61-50-39-28-17-5;1-15(16)17-24(5,6)19-26(9,10)21-28(13,14)22-27(11,12)20-25(7,8)18-23(2,3)4/h13-89H2,1-12H3;1-14H3. The SMILES string of the molecule is CC(=O)O[Si](C)(C)O[Si](C)(C)O[Si](C)(C)O[Si](C)(C)O[Si](C)(C)O[Si](C)(C)C.CCCCCCCC[Si](CCCCCCCC)(CCCCCCCC)O[Si](CCCCCCCC)(CCCCCCCC)O[Si](CCCCCCCC)(CCCCCCCC)O[Si](CCCCCCCC)(CCCCCCCC)O[Si](CCCCCCCC)(CCCCCCCC)OC(C)=O. The fourth-order valence-corrected chi connectivity index (χ4v) is 79.6. The molecule has 0 saturated heterocycles. The van der Waals surface area contributed by atoms with Gasteiger partial charge < -0.3 is 45.9 Å². The summed E-state index contributed by atoms with van der Waals surface area (Å²) in [7, 11) is -29.4. The number of hydrogen-bond donors (Lipinski definition) is 0. The van der Waals surface area contributed by atoms with Crippen molar-refractivity contribution in [3.8, 4) is 0 Å². The maximum atomic E-state index is 14.4. The maximum Gasteiger partial charge on any atom is 0.392 e. The molecule has 129 heavy (non-hydrogen) atoms. The Bertz CT molecular complexity index is 2410. The van der Waals surface area contributed by atoms with Crippen molar-refractivity contribution in [2.75, 3.05) is 0 Å². The average Bonchev–Trinajstić information content (AvgIpc) is 0.761. The van der Waals surface area contributed by atoms with Gasteiger partial charge in [0.15, 0.2) is 16.6 Å². The highest BCUT2D eigenvalue weighted by molar-refractivity contribution is 6.93. The Morgan fingerprint density at radius 2 is 0.302 bits per heavy atom. The van der Waals surface area contributed by atoms with Crippen LogP contribution in [0.2, 0.25) is 152 Å². The lowest BCUT2D eigenvalue weighted by atomic mass is 10.1. The minimum absolute atomic E-state index is 0.102. The quantitative estimate of drug-likeness (QED) is 0.0423. The Balaban J connectivity index is 0. The minimum atomic E-state index is -3.27. The van der Waals surface area contributed by atoms with E-state index < -0.39 is 93.7 Å². The second kappa shape index (κ2) is 81.5. The van der Waals surface area contributed by atoms with E-state index in [2.05, 4.69) is 109 Å². The van der Waals surface area contributed by atoms with E-state index in [1.807, 2.05) is 52.4 Å². The first-order valence-electron chi connectivity index (χ1n) is 57.1. The van der Waals surface area contributed by atoms with E-state index in [4.69, 9.17) is 33.5 Å². The Labute approximate surface area is 820 Å². The summed E-state index contributed by atoms with van der Waals surface area (Å²) in [6.07, 6.45) is 85.5. The Hall–Kier alpha value is 0.966. The van der Waals surface area contributed by atoms with E-state index in [0.29, 0.717) is 0 Å². The first-order valence-corrected chi connectivity index (χ1v) is 86.0. The molecule has 0 fully saturated rings. The van der Waals surface area contributed by atoms with Gasteiger partial charge in [0.2, 0.25) is 0 Å². The maximum absolute atomic E-state index is 14.4. The van der Waals surface area contributed by atoms with Gasteiger partial charge >= 0.3 is 77.0 Å². The predicted molar refractivity (Wildman–Crippen MR) is 593 cm³/mol. The number of hydrogen-bond acceptors (Lipinski definition) is 13. The Kier molecular flexibility index (Phi) is 83.4. The number of unbranched alkanes of at least 4 members (excludes halogenated alkanes) is 55. The normalized spacial score (nSPS) is 13.1. The molecule has 0 aromatic rings. The molecule has 0 spiro atoms. The summed E-state index contributed by atoms with van der Waals surface area (Å²) in [6.45, 7) is 55.8. The van der Waals surface area contributed by atoms with Crippen molar-refractivity contribution in [1.29, 1.82) is 0 Å². The molecule has 0 amide bonds. The highest BCUT2D eigenvalue weighted by atomic mass is 28.5. The van der Waals surface area contributed by atoms with Gasteiger partial charge in [-0.05, 0) is 140 Å². The third-order valence-corrected chi connectivity index (χ3v) is 72.5. The average molecular weight is 2010 g/mol. The molecule has 0 aromatic carbocycles. The van der Waals surface area contributed by atoms with Gasteiger partial charge in [-0.1, -0.05) is 500 Å². The molecule has 0 N–H and O–H groups in total. The zero-order valence-corrected chi connectivity index (χ0v) is 103. The van der Waals surface area contributed by atoms with E-state index in [1.54, 1.807) is 6.92 Å². The van der Waals surface area contributed by atoms with Gasteiger partial charge in [0.1, 0.15) is 0 Å². The van der Waals surface area contributed by atoms with Crippen molar-refractivity contribution in [2.24, 2.45) is 0 Å². The van der Waals surface area contributed by atoms with E-state index in [1.165, 1.54) is 423 Å². The van der Waals surface area contributed by atoms with Crippen molar-refractivity contribution in [2.45, 2.75) is 665 Å². The molecule has 0 aliphatic heterocycles. The first-order chi connectivity index (χ1) is 61.4. The van der Waals surface area contributed by atoms with Crippen molar-refractivity contribution in [3.63, 3.8) is 0 Å². The molecule has 0 bridgehead atoms. The van der Waals surface area contributed by atoms with Crippen LogP contribution in [0.5, 0.6) is 0 Å². The summed E-state index contributed by atoms with van der Waals surface area (Å²) in [5, 5.41) is 0. The lowest BCUT2D eigenvalue weighted by molar-refractivity contribution is -0.134. The Morgan fingerprint density at radius 1 is 0.155 bits per heavy atom. The van der Waals surface area contributed by atoms with Gasteiger partial charge in [-0.15, -0.1) is 0 Å². The fourth-order valence-electron chi connectivity index (χ4n) is 20.2. The lowest BCUT2D eigenvalue weighted by Crippen LogP contribution is -2.65. The van der Waals surface area contributed by atoms with Crippen molar-refractivity contribution in [3.05, 3.63) is 0 Å². The summed E-state index contributed by atoms with van der Waals surface area (Å²) >= 11 is 0. The van der Waals surface area contributed by atoms with Gasteiger partial charge in [0.05, 0.1) is 0 Å². The summed E-state index contributed by atoms with van der Waals surface area (Å²) in [4.78, 5) is 25.7. The molecule has 0 heterocycles. The highest BCUT2D eigenvalue weighted by Crippen LogP contribution is 2.46. The highest BCUT2D eigenvalue weighted by Gasteiger charge is 2.59. The van der Waals surface area contributed by atoms with Crippen LogP contribution in [0.3, 0.4) is 0 Å². The molecule has 0 saturated carbocycles. The molecular formula is C105H232O13Si11. The summed E-state index contributed by atoms with van der Waals surface area (Å²) < 4.78 is 81.4. The smallest absolute Gasteiger partial charge is 0.392 e. The molecule has 24 heteroatoms. The van der Waals surface area contributed by atoms with Crippen molar-refractivity contribution >= 4 is 106 Å². The molecule has 0 aromatic heterocycles. The molecule has 0 atom stereocenters. The fraction of sp³-hybridized carbons (Fsp3) is 0.981. The summed E-state index contributed by atoms with van der Waals surface area (Å²) in [5.41, 5.74) is 0. The van der Waals surface area contributed by atoms with Gasteiger partial charge in [0.25, 0.3) is 11.9 Å². The predicted octanol–water partition coefficient (Wildman–Crippen LogP) is 39.3. The molecule has 0 radical (unpaired) electrons. The van der Waals surface area contributed by atoms with Gasteiger partial charge in [0, 0.05) is 25.9 Å². The van der Waals surface area contributed by atoms with Crippen LogP contribution in [0.15, 0.2) is 0 Å². The second-order valence-electron chi connectivity index (χ2n) is 43.7. The van der Waals surface area contributed by atoms with Crippen LogP contribution in [-0.2, 0) is 55.5 Å². The minimum Gasteiger partial charge on any atom is -0.495 e. The molecule has 774 valence electrons. The summed E-state index contributed by atoms with van der Waals surface area (Å²) in [6, 6.07) is 12.4. The molecule has 0 unspecified atom stereocenters. The van der Waals surface area contributed by atoms with Crippen LogP contribution in [0.1, 0.15) is 514 Å². The van der Waals surface area contributed by atoms with Crippen LogP contribution in [0.4, 0.5) is 0 Å². The number of rotatable bonds is 97. The molecular weight excluding hydrogens is 1780 g/mol. The van der Waals surface area contributed by atoms with Crippen molar-refractivity contribution < 1.29 is 55.5 Å². The monoisotopic (exact) mass is 2010 g/mol. The first kappa shape index (κ1) is 132.